The van der Waals surface area contributed by atoms with Gasteiger partial charge in [-0.3, -0.25) is 19.5 Å². The second-order valence-corrected chi connectivity index (χ2v) is 8.63. The highest BCUT2D eigenvalue weighted by molar-refractivity contribution is 5.94. The minimum atomic E-state index is 0.0670. The van der Waals surface area contributed by atoms with E-state index in [-0.39, 0.29) is 17.9 Å². The van der Waals surface area contributed by atoms with E-state index in [1.165, 1.54) is 32.1 Å². The van der Waals surface area contributed by atoms with Crippen LogP contribution < -0.4 is 0 Å². The van der Waals surface area contributed by atoms with Crippen LogP contribution in [-0.2, 0) is 4.79 Å². The predicted molar refractivity (Wildman–Crippen MR) is 108 cm³/mol. The Balaban J connectivity index is 1.40. The van der Waals surface area contributed by atoms with Crippen LogP contribution in [0.25, 0.3) is 0 Å². The van der Waals surface area contributed by atoms with E-state index in [1.807, 2.05) is 4.90 Å². The van der Waals surface area contributed by atoms with E-state index in [1.54, 1.807) is 24.5 Å². The molecular weight excluding hydrogens is 352 g/mol. The molecule has 4 saturated heterocycles. The van der Waals surface area contributed by atoms with Gasteiger partial charge < -0.3 is 9.80 Å². The van der Waals surface area contributed by atoms with Gasteiger partial charge in [-0.25, -0.2) is 0 Å². The maximum atomic E-state index is 13.1. The zero-order chi connectivity index (χ0) is 19.3. The summed E-state index contributed by atoms with van der Waals surface area (Å²) in [5.74, 6) is 0.715. The second-order valence-electron chi connectivity index (χ2n) is 8.63. The van der Waals surface area contributed by atoms with Gasteiger partial charge in [0.1, 0.15) is 0 Å². The van der Waals surface area contributed by atoms with Crippen molar-refractivity contribution in [2.45, 2.75) is 51.0 Å². The van der Waals surface area contributed by atoms with E-state index in [0.717, 1.165) is 39.0 Å². The molecule has 28 heavy (non-hydrogen) atoms. The van der Waals surface area contributed by atoms with E-state index in [0.29, 0.717) is 24.6 Å². The normalized spacial score (nSPS) is 26.4. The molecule has 0 aliphatic carbocycles. The van der Waals surface area contributed by atoms with E-state index in [4.69, 9.17) is 0 Å². The van der Waals surface area contributed by atoms with Gasteiger partial charge in [0, 0.05) is 43.6 Å². The number of amides is 2. The topological polar surface area (TPSA) is 56.8 Å². The van der Waals surface area contributed by atoms with Gasteiger partial charge in [0.2, 0.25) is 5.91 Å². The largest absolute Gasteiger partial charge is 0.336 e. The van der Waals surface area contributed by atoms with Gasteiger partial charge in [-0.05, 0) is 56.8 Å². The number of nitrogens with zero attached hydrogens (tertiary/aromatic N) is 4. The van der Waals surface area contributed by atoms with E-state index in [2.05, 4.69) is 14.8 Å². The van der Waals surface area contributed by atoms with Crippen LogP contribution in [0.4, 0.5) is 0 Å². The summed E-state index contributed by atoms with van der Waals surface area (Å²) in [4.78, 5) is 36.5. The van der Waals surface area contributed by atoms with Crippen LogP contribution in [0.3, 0.4) is 0 Å². The quantitative estimate of drug-likeness (QED) is 0.803. The molecule has 1 aromatic heterocycles. The number of fused-ring (bicyclic) bond motifs is 4. The van der Waals surface area contributed by atoms with Crippen molar-refractivity contribution in [3.05, 3.63) is 30.1 Å². The third-order valence-electron chi connectivity index (χ3n) is 6.56. The number of rotatable bonds is 3. The first-order valence-corrected chi connectivity index (χ1v) is 10.9. The van der Waals surface area contributed by atoms with Crippen LogP contribution >= 0.6 is 0 Å². The molecular formula is C22H32N4O2. The fraction of sp³-hybridized carbons (Fsp3) is 0.682. The molecule has 5 heterocycles. The lowest BCUT2D eigenvalue weighted by atomic mass is 9.95. The van der Waals surface area contributed by atoms with Crippen LogP contribution in [0.2, 0.25) is 0 Å². The standard InChI is InChI=1S/C22H32N4O2/c27-21(17-24-12-4-2-1-3-5-13-24)26-15-18-6-7-20(26)16-25(14-18)22(28)19-8-10-23-11-9-19/h8-11,18,20H,1-7,12-17H2/t18-,20+/m1/s1. The highest BCUT2D eigenvalue weighted by atomic mass is 16.2. The Morgan fingerprint density at radius 3 is 2.39 bits per heavy atom. The molecule has 4 aliphatic heterocycles. The van der Waals surface area contributed by atoms with Gasteiger partial charge in [-0.15, -0.1) is 0 Å². The van der Waals surface area contributed by atoms with Gasteiger partial charge >= 0.3 is 0 Å². The van der Waals surface area contributed by atoms with Gasteiger partial charge in [-0.2, -0.15) is 0 Å². The van der Waals surface area contributed by atoms with Gasteiger partial charge in [-0.1, -0.05) is 19.3 Å². The summed E-state index contributed by atoms with van der Waals surface area (Å²) in [7, 11) is 0. The number of pyridine rings is 1. The van der Waals surface area contributed by atoms with Gasteiger partial charge in [0.05, 0.1) is 6.54 Å². The van der Waals surface area contributed by atoms with Crippen LogP contribution in [0.15, 0.2) is 24.5 Å². The summed E-state index contributed by atoms with van der Waals surface area (Å²) in [5, 5.41) is 0. The number of hydrogen-bond donors (Lipinski definition) is 0. The van der Waals surface area contributed by atoms with E-state index < -0.39 is 0 Å². The van der Waals surface area contributed by atoms with Crippen LogP contribution in [0.1, 0.15) is 55.3 Å². The average molecular weight is 385 g/mol. The molecule has 2 bridgehead atoms. The van der Waals surface area contributed by atoms with E-state index >= 15 is 0 Å². The molecule has 5 rings (SSSR count). The van der Waals surface area contributed by atoms with Crippen molar-refractivity contribution >= 4 is 11.8 Å². The van der Waals surface area contributed by atoms with Crippen molar-refractivity contribution in [1.29, 1.82) is 0 Å². The molecule has 1 aromatic rings. The number of likely N-dealkylation sites (tertiary alicyclic amines) is 1. The molecule has 152 valence electrons. The smallest absolute Gasteiger partial charge is 0.254 e. The molecule has 0 spiro atoms. The zero-order valence-corrected chi connectivity index (χ0v) is 16.8. The zero-order valence-electron chi connectivity index (χ0n) is 16.8. The Bertz CT molecular complexity index is 672. The van der Waals surface area contributed by atoms with Gasteiger partial charge in [0.25, 0.3) is 5.91 Å². The summed E-state index contributed by atoms with van der Waals surface area (Å²) in [5.41, 5.74) is 0.690. The maximum absolute atomic E-state index is 13.1. The van der Waals surface area contributed by atoms with Crippen molar-refractivity contribution < 1.29 is 9.59 Å². The van der Waals surface area contributed by atoms with Crippen molar-refractivity contribution in [1.82, 2.24) is 19.7 Å². The number of piperidine rings is 1. The summed E-state index contributed by atoms with van der Waals surface area (Å²) in [6.45, 7) is 4.84. The fourth-order valence-corrected chi connectivity index (χ4v) is 4.98. The molecule has 0 unspecified atom stereocenters. The molecule has 0 N–H and O–H groups in total. The minimum Gasteiger partial charge on any atom is -0.336 e. The van der Waals surface area contributed by atoms with Crippen molar-refractivity contribution in [2.75, 3.05) is 39.3 Å². The Morgan fingerprint density at radius 1 is 0.929 bits per heavy atom. The number of aromatic nitrogens is 1. The molecule has 0 saturated carbocycles. The van der Waals surface area contributed by atoms with Crippen molar-refractivity contribution in [3.8, 4) is 0 Å². The highest BCUT2D eigenvalue weighted by Gasteiger charge is 2.38. The average Bonchev–Trinajstić information content (AvgIpc) is 3.02. The summed E-state index contributed by atoms with van der Waals surface area (Å²) >= 11 is 0. The fourth-order valence-electron chi connectivity index (χ4n) is 4.98. The summed E-state index contributed by atoms with van der Waals surface area (Å²) in [6, 6.07) is 3.71. The molecule has 4 fully saturated rings. The molecule has 6 heteroatoms. The first kappa shape index (κ1) is 19.4. The number of carbonyl (C=O) groups is 2. The Hall–Kier alpha value is -1.95. The predicted octanol–water partition coefficient (Wildman–Crippen LogP) is 2.41. The molecule has 6 nitrogen and oxygen atoms in total. The van der Waals surface area contributed by atoms with Crippen molar-refractivity contribution in [3.63, 3.8) is 0 Å². The highest BCUT2D eigenvalue weighted by Crippen LogP contribution is 2.29. The summed E-state index contributed by atoms with van der Waals surface area (Å²) in [6.07, 6.45) is 11.8. The Morgan fingerprint density at radius 2 is 1.64 bits per heavy atom. The molecule has 2 atom stereocenters. The first-order chi connectivity index (χ1) is 13.7. The second kappa shape index (κ2) is 9.03. The molecule has 4 aliphatic rings. The maximum Gasteiger partial charge on any atom is 0.254 e. The lowest BCUT2D eigenvalue weighted by molar-refractivity contribution is -0.136. The molecule has 0 radical (unpaired) electrons. The number of carbonyl (C=O) groups excluding carboxylic acids is 2. The Labute approximate surface area is 167 Å². The first-order valence-electron chi connectivity index (χ1n) is 10.9. The summed E-state index contributed by atoms with van der Waals surface area (Å²) < 4.78 is 0. The van der Waals surface area contributed by atoms with Crippen LogP contribution in [0, 0.1) is 5.92 Å². The number of hydrogen-bond acceptors (Lipinski definition) is 4. The Kier molecular flexibility index (Phi) is 6.25. The minimum absolute atomic E-state index is 0.0670. The van der Waals surface area contributed by atoms with Crippen LogP contribution in [0.5, 0.6) is 0 Å². The monoisotopic (exact) mass is 384 g/mol. The van der Waals surface area contributed by atoms with Gasteiger partial charge in [0.15, 0.2) is 0 Å². The van der Waals surface area contributed by atoms with Crippen molar-refractivity contribution in [2.24, 2.45) is 5.92 Å². The molecule has 0 aromatic carbocycles. The lowest BCUT2D eigenvalue weighted by Gasteiger charge is -2.37. The third-order valence-corrected chi connectivity index (χ3v) is 6.56. The van der Waals surface area contributed by atoms with Crippen LogP contribution in [-0.4, -0.2) is 76.8 Å². The third kappa shape index (κ3) is 4.54. The van der Waals surface area contributed by atoms with E-state index in [9.17, 15) is 9.59 Å². The SMILES string of the molecule is O=C(c1ccncc1)N1C[C@H]2CC[C@@H](C1)N(C(=O)CN1CCCCCCC1)C2. The molecule has 2 amide bonds. The lowest BCUT2D eigenvalue weighted by Crippen LogP contribution is -2.51.